The summed E-state index contributed by atoms with van der Waals surface area (Å²) < 4.78 is 0. The summed E-state index contributed by atoms with van der Waals surface area (Å²) in [4.78, 5) is 12.9. The fraction of sp³-hybridized carbons (Fsp3) is 0.188. The van der Waals surface area contributed by atoms with Gasteiger partial charge in [-0.05, 0) is 42.4 Å². The molecule has 0 aliphatic rings. The van der Waals surface area contributed by atoms with Crippen LogP contribution in [-0.4, -0.2) is 23.0 Å². The van der Waals surface area contributed by atoms with Crippen LogP contribution < -0.4 is 0 Å². The minimum atomic E-state index is -0.899. The molecular formula is C16H16ClNO2. The highest BCUT2D eigenvalue weighted by molar-refractivity contribution is 6.30. The van der Waals surface area contributed by atoms with Crippen LogP contribution in [0.15, 0.2) is 48.5 Å². The first-order valence-corrected chi connectivity index (χ1v) is 6.67. The molecule has 2 aromatic carbocycles. The van der Waals surface area contributed by atoms with Crippen LogP contribution in [0.5, 0.6) is 0 Å². The van der Waals surface area contributed by atoms with Gasteiger partial charge in [-0.1, -0.05) is 35.9 Å². The summed E-state index contributed by atoms with van der Waals surface area (Å²) >= 11 is 5.96. The predicted octanol–water partition coefficient (Wildman–Crippen LogP) is 3.67. The number of aromatic carboxylic acids is 1. The van der Waals surface area contributed by atoms with E-state index in [0.29, 0.717) is 5.56 Å². The number of hydrogen-bond donors (Lipinski definition) is 1. The average Bonchev–Trinajstić information content (AvgIpc) is 2.39. The van der Waals surface area contributed by atoms with Crippen LogP contribution in [0.1, 0.15) is 21.5 Å². The highest BCUT2D eigenvalue weighted by atomic mass is 35.5. The van der Waals surface area contributed by atoms with Crippen molar-refractivity contribution in [1.29, 1.82) is 0 Å². The lowest BCUT2D eigenvalue weighted by Crippen LogP contribution is -2.17. The Balaban J connectivity index is 1.97. The summed E-state index contributed by atoms with van der Waals surface area (Å²) in [6, 6.07) is 14.7. The van der Waals surface area contributed by atoms with E-state index in [1.54, 1.807) is 12.1 Å². The van der Waals surface area contributed by atoms with Crippen LogP contribution in [0.3, 0.4) is 0 Å². The van der Waals surface area contributed by atoms with Crippen molar-refractivity contribution in [3.05, 3.63) is 70.2 Å². The molecule has 0 saturated carbocycles. The van der Waals surface area contributed by atoms with E-state index in [9.17, 15) is 4.79 Å². The Labute approximate surface area is 123 Å². The number of rotatable bonds is 5. The van der Waals surface area contributed by atoms with Crippen molar-refractivity contribution < 1.29 is 9.90 Å². The molecule has 4 heteroatoms. The molecule has 0 aromatic heterocycles. The van der Waals surface area contributed by atoms with Crippen molar-refractivity contribution in [3.63, 3.8) is 0 Å². The smallest absolute Gasteiger partial charge is 0.335 e. The molecule has 0 radical (unpaired) electrons. The Morgan fingerprint density at radius 2 is 1.75 bits per heavy atom. The third-order valence-electron chi connectivity index (χ3n) is 2.99. The monoisotopic (exact) mass is 289 g/mol. The lowest BCUT2D eigenvalue weighted by Gasteiger charge is -2.17. The van der Waals surface area contributed by atoms with Gasteiger partial charge in [0.15, 0.2) is 0 Å². The molecule has 2 aromatic rings. The van der Waals surface area contributed by atoms with Crippen LogP contribution in [0, 0.1) is 0 Å². The Bertz CT molecular complexity index is 596. The third-order valence-corrected chi connectivity index (χ3v) is 3.23. The lowest BCUT2D eigenvalue weighted by atomic mass is 10.1. The number of halogens is 1. The van der Waals surface area contributed by atoms with E-state index >= 15 is 0 Å². The van der Waals surface area contributed by atoms with E-state index in [4.69, 9.17) is 16.7 Å². The molecule has 104 valence electrons. The second kappa shape index (κ2) is 6.55. The van der Waals surface area contributed by atoms with E-state index < -0.39 is 5.97 Å². The fourth-order valence-electron chi connectivity index (χ4n) is 2.07. The maximum Gasteiger partial charge on any atom is 0.335 e. The predicted molar refractivity (Wildman–Crippen MR) is 80.0 cm³/mol. The summed E-state index contributed by atoms with van der Waals surface area (Å²) in [6.07, 6.45) is 0. The second-order valence-corrected chi connectivity index (χ2v) is 5.24. The molecule has 0 fully saturated rings. The van der Waals surface area contributed by atoms with Gasteiger partial charge in [-0.3, -0.25) is 4.90 Å². The van der Waals surface area contributed by atoms with Gasteiger partial charge < -0.3 is 5.11 Å². The van der Waals surface area contributed by atoms with E-state index in [1.165, 1.54) is 0 Å². The fourth-order valence-corrected chi connectivity index (χ4v) is 2.28. The zero-order chi connectivity index (χ0) is 14.5. The number of hydrogen-bond acceptors (Lipinski definition) is 2. The molecule has 1 N–H and O–H groups in total. The van der Waals surface area contributed by atoms with Crippen molar-refractivity contribution in [2.24, 2.45) is 0 Å². The minimum absolute atomic E-state index is 0.311. The molecule has 20 heavy (non-hydrogen) atoms. The van der Waals surface area contributed by atoms with Gasteiger partial charge in [-0.15, -0.1) is 0 Å². The van der Waals surface area contributed by atoms with Gasteiger partial charge in [-0.25, -0.2) is 4.79 Å². The molecule has 2 rings (SSSR count). The van der Waals surface area contributed by atoms with E-state index in [1.807, 2.05) is 43.4 Å². The first-order valence-electron chi connectivity index (χ1n) is 6.30. The summed E-state index contributed by atoms with van der Waals surface area (Å²) in [5.74, 6) is -0.899. The Hall–Kier alpha value is -1.84. The number of benzene rings is 2. The molecule has 0 heterocycles. The lowest BCUT2D eigenvalue weighted by molar-refractivity contribution is 0.0697. The molecule has 0 spiro atoms. The quantitative estimate of drug-likeness (QED) is 0.913. The zero-order valence-corrected chi connectivity index (χ0v) is 12.0. The van der Waals surface area contributed by atoms with E-state index in [0.717, 1.165) is 29.2 Å². The first kappa shape index (κ1) is 14.6. The van der Waals surface area contributed by atoms with Crippen LogP contribution >= 0.6 is 11.6 Å². The van der Waals surface area contributed by atoms with E-state index in [-0.39, 0.29) is 0 Å². The molecule has 3 nitrogen and oxygen atoms in total. The van der Waals surface area contributed by atoms with Crippen molar-refractivity contribution in [3.8, 4) is 0 Å². The second-order valence-electron chi connectivity index (χ2n) is 4.80. The van der Waals surface area contributed by atoms with Crippen molar-refractivity contribution >= 4 is 17.6 Å². The summed E-state index contributed by atoms with van der Waals surface area (Å²) in [5, 5.41) is 9.59. The number of carbonyl (C=O) groups is 1. The maximum absolute atomic E-state index is 10.8. The molecular weight excluding hydrogens is 274 g/mol. The van der Waals surface area contributed by atoms with Gasteiger partial charge in [0.25, 0.3) is 0 Å². The molecule has 0 saturated heterocycles. The maximum atomic E-state index is 10.8. The van der Waals surface area contributed by atoms with Crippen LogP contribution in [0.25, 0.3) is 0 Å². The molecule has 0 bridgehead atoms. The molecule has 0 amide bonds. The number of carboxylic acids is 1. The van der Waals surface area contributed by atoms with Gasteiger partial charge in [-0.2, -0.15) is 0 Å². The van der Waals surface area contributed by atoms with Crippen LogP contribution in [0.2, 0.25) is 5.02 Å². The normalized spacial score (nSPS) is 10.8. The molecule has 0 aliphatic carbocycles. The standard InChI is InChI=1S/C16H16ClNO2/c1-18(11-13-3-2-4-15(17)9-13)10-12-5-7-14(8-6-12)16(19)20/h2-9H,10-11H2,1H3,(H,19,20). The Kier molecular flexibility index (Phi) is 4.77. The van der Waals surface area contributed by atoms with Crippen molar-refractivity contribution in [1.82, 2.24) is 4.90 Å². The van der Waals surface area contributed by atoms with Crippen LogP contribution in [-0.2, 0) is 13.1 Å². The number of nitrogens with zero attached hydrogens (tertiary/aromatic N) is 1. The van der Waals surface area contributed by atoms with Gasteiger partial charge in [0, 0.05) is 18.1 Å². The first-order chi connectivity index (χ1) is 9.54. The molecule has 0 aliphatic heterocycles. The molecule has 0 unspecified atom stereocenters. The average molecular weight is 290 g/mol. The zero-order valence-electron chi connectivity index (χ0n) is 11.2. The highest BCUT2D eigenvalue weighted by Gasteiger charge is 2.05. The minimum Gasteiger partial charge on any atom is -0.478 e. The number of carboxylic acid groups (broad SMARTS) is 1. The van der Waals surface area contributed by atoms with E-state index in [2.05, 4.69) is 4.90 Å². The largest absolute Gasteiger partial charge is 0.478 e. The molecule has 0 atom stereocenters. The van der Waals surface area contributed by atoms with Gasteiger partial charge in [0.1, 0.15) is 0 Å². The van der Waals surface area contributed by atoms with Gasteiger partial charge in [0.2, 0.25) is 0 Å². The van der Waals surface area contributed by atoms with Gasteiger partial charge >= 0.3 is 5.97 Å². The van der Waals surface area contributed by atoms with Crippen molar-refractivity contribution in [2.45, 2.75) is 13.1 Å². The summed E-state index contributed by atoms with van der Waals surface area (Å²) in [7, 11) is 2.02. The third kappa shape index (κ3) is 4.08. The van der Waals surface area contributed by atoms with Crippen molar-refractivity contribution in [2.75, 3.05) is 7.05 Å². The highest BCUT2D eigenvalue weighted by Crippen LogP contribution is 2.14. The summed E-state index contributed by atoms with van der Waals surface area (Å²) in [6.45, 7) is 1.55. The topological polar surface area (TPSA) is 40.5 Å². The summed E-state index contributed by atoms with van der Waals surface area (Å²) in [5.41, 5.74) is 2.55. The Morgan fingerprint density at radius 1 is 1.10 bits per heavy atom. The van der Waals surface area contributed by atoms with Gasteiger partial charge in [0.05, 0.1) is 5.56 Å². The SMILES string of the molecule is CN(Cc1ccc(C(=O)O)cc1)Cc1cccc(Cl)c1. The Morgan fingerprint density at radius 3 is 2.35 bits per heavy atom. The van der Waals surface area contributed by atoms with Crippen LogP contribution in [0.4, 0.5) is 0 Å².